The largest absolute Gasteiger partial charge is 0.479 e. The summed E-state index contributed by atoms with van der Waals surface area (Å²) >= 11 is 18.3. The fourth-order valence-electron chi connectivity index (χ4n) is 4.30. The zero-order valence-corrected chi connectivity index (χ0v) is 24.1. The molecule has 9 heteroatoms. The van der Waals surface area contributed by atoms with Crippen LogP contribution in [0.25, 0.3) is 11.1 Å². The Balaban J connectivity index is 1.38. The molecule has 0 fully saturated rings. The van der Waals surface area contributed by atoms with Gasteiger partial charge in [0.15, 0.2) is 6.04 Å². The molecule has 0 aromatic heterocycles. The van der Waals surface area contributed by atoms with E-state index in [9.17, 15) is 14.7 Å². The zero-order valence-electron chi connectivity index (χ0n) is 21.9. The number of carbonyl (C=O) groups is 2. The van der Waals surface area contributed by atoms with Gasteiger partial charge in [0, 0.05) is 16.3 Å². The number of halogens is 3. The van der Waals surface area contributed by atoms with Crippen molar-refractivity contribution in [3.63, 3.8) is 0 Å². The van der Waals surface area contributed by atoms with E-state index >= 15 is 0 Å². The van der Waals surface area contributed by atoms with Crippen LogP contribution >= 0.6 is 34.8 Å². The summed E-state index contributed by atoms with van der Waals surface area (Å²) in [5.74, 6) is -0.491. The lowest BCUT2D eigenvalue weighted by Gasteiger charge is -2.18. The fourth-order valence-corrected chi connectivity index (χ4v) is 4.77. The third-order valence-electron chi connectivity index (χ3n) is 6.36. The van der Waals surface area contributed by atoms with Gasteiger partial charge in [-0.25, -0.2) is 4.79 Å². The Morgan fingerprint density at radius 1 is 0.738 bits per heavy atom. The first-order valence-corrected chi connectivity index (χ1v) is 13.9. The van der Waals surface area contributed by atoms with Crippen molar-refractivity contribution in [3.8, 4) is 22.6 Å². The number of benzene rings is 5. The van der Waals surface area contributed by atoms with E-state index in [1.807, 2.05) is 54.6 Å². The molecule has 5 aromatic rings. The van der Waals surface area contributed by atoms with Gasteiger partial charge >= 0.3 is 5.97 Å². The van der Waals surface area contributed by atoms with Gasteiger partial charge in [0.1, 0.15) is 11.5 Å². The van der Waals surface area contributed by atoms with Crippen LogP contribution in [0.4, 0.5) is 11.4 Å². The summed E-state index contributed by atoms with van der Waals surface area (Å²) in [6.45, 7) is 0. The SMILES string of the molecule is O=C(N[C@H](C(=O)O)c1ccc(-c2ccccc2Oc2ccccc2)cc1)c1cc(Cl)ccc1Nc1ccc(Cl)c(Cl)c1. The molecule has 0 saturated heterocycles. The van der Waals surface area contributed by atoms with Crippen molar-refractivity contribution >= 4 is 58.1 Å². The van der Waals surface area contributed by atoms with Gasteiger partial charge in [-0.05, 0) is 65.7 Å². The lowest BCUT2D eigenvalue weighted by molar-refractivity contribution is -0.139. The highest BCUT2D eigenvalue weighted by atomic mass is 35.5. The van der Waals surface area contributed by atoms with Gasteiger partial charge < -0.3 is 20.5 Å². The number of nitrogens with one attached hydrogen (secondary N) is 2. The van der Waals surface area contributed by atoms with Crippen molar-refractivity contribution in [1.82, 2.24) is 5.32 Å². The van der Waals surface area contributed by atoms with Crippen LogP contribution < -0.4 is 15.4 Å². The number of carbonyl (C=O) groups excluding carboxylic acids is 1. The molecular weight excluding hydrogens is 595 g/mol. The predicted molar refractivity (Wildman–Crippen MR) is 167 cm³/mol. The van der Waals surface area contributed by atoms with Crippen molar-refractivity contribution < 1.29 is 19.4 Å². The Hall–Kier alpha value is -4.49. The van der Waals surface area contributed by atoms with Gasteiger partial charge in [-0.3, -0.25) is 4.79 Å². The molecule has 6 nitrogen and oxygen atoms in total. The monoisotopic (exact) mass is 616 g/mol. The minimum absolute atomic E-state index is 0.156. The van der Waals surface area contributed by atoms with Crippen LogP contribution in [0, 0.1) is 0 Å². The third kappa shape index (κ3) is 6.86. The summed E-state index contributed by atoms with van der Waals surface area (Å²) in [7, 11) is 0. The molecule has 0 aliphatic rings. The highest BCUT2D eigenvalue weighted by Gasteiger charge is 2.24. The molecule has 0 aliphatic carbocycles. The number of carboxylic acids is 1. The first kappa shape index (κ1) is 29.0. The highest BCUT2D eigenvalue weighted by molar-refractivity contribution is 6.42. The van der Waals surface area contributed by atoms with Crippen molar-refractivity contribution in [2.45, 2.75) is 6.04 Å². The molecule has 0 spiro atoms. The van der Waals surface area contributed by atoms with Gasteiger partial charge in [0.05, 0.1) is 21.3 Å². The van der Waals surface area contributed by atoms with Crippen LogP contribution in [-0.4, -0.2) is 17.0 Å². The number of aliphatic carboxylic acids is 1. The van der Waals surface area contributed by atoms with Crippen molar-refractivity contribution in [1.29, 1.82) is 0 Å². The molecule has 0 unspecified atom stereocenters. The van der Waals surface area contributed by atoms with Gasteiger partial charge in [-0.15, -0.1) is 0 Å². The van der Waals surface area contributed by atoms with E-state index in [1.165, 1.54) is 6.07 Å². The Labute approximate surface area is 257 Å². The Bertz CT molecular complexity index is 1740. The quantitative estimate of drug-likeness (QED) is 0.153. The number of hydrogen-bond acceptors (Lipinski definition) is 4. The van der Waals surface area contributed by atoms with Gasteiger partial charge in [-0.2, -0.15) is 0 Å². The van der Waals surface area contributed by atoms with E-state index in [0.29, 0.717) is 43.5 Å². The van der Waals surface area contributed by atoms with Crippen molar-refractivity contribution in [2.75, 3.05) is 5.32 Å². The van der Waals surface area contributed by atoms with Gasteiger partial charge in [0.2, 0.25) is 0 Å². The van der Waals surface area contributed by atoms with E-state index in [-0.39, 0.29) is 5.56 Å². The molecule has 5 rings (SSSR count). The summed E-state index contributed by atoms with van der Waals surface area (Å²) in [5.41, 5.74) is 3.20. The van der Waals surface area contributed by atoms with Crippen LogP contribution in [0.5, 0.6) is 11.5 Å². The van der Waals surface area contributed by atoms with E-state index in [4.69, 9.17) is 39.5 Å². The van der Waals surface area contributed by atoms with Crippen molar-refractivity contribution in [3.05, 3.63) is 141 Å². The molecule has 0 aliphatic heterocycles. The van der Waals surface area contributed by atoms with Crippen LogP contribution in [-0.2, 0) is 4.79 Å². The lowest BCUT2D eigenvalue weighted by atomic mass is 9.99. The van der Waals surface area contributed by atoms with E-state index in [2.05, 4.69) is 10.6 Å². The Kier molecular flexibility index (Phi) is 8.98. The lowest BCUT2D eigenvalue weighted by Crippen LogP contribution is -2.34. The second-order valence-electron chi connectivity index (χ2n) is 9.22. The van der Waals surface area contributed by atoms with Crippen LogP contribution in [0.2, 0.25) is 15.1 Å². The fraction of sp³-hybridized carbons (Fsp3) is 0.0303. The van der Waals surface area contributed by atoms with Crippen LogP contribution in [0.1, 0.15) is 22.0 Å². The number of amides is 1. The maximum Gasteiger partial charge on any atom is 0.330 e. The minimum Gasteiger partial charge on any atom is -0.479 e. The standard InChI is InChI=1S/C33H23Cl3N2O4/c34-22-14-17-29(37-23-15-16-27(35)28(36)19-23)26(18-22)32(39)38-31(33(40)41)21-12-10-20(11-13-21)25-8-4-5-9-30(25)42-24-6-2-1-3-7-24/h1-19,31,37H,(H,38,39)(H,40,41)/t31-/m0/s1. The second-order valence-corrected chi connectivity index (χ2v) is 10.5. The third-order valence-corrected chi connectivity index (χ3v) is 7.33. The molecule has 42 heavy (non-hydrogen) atoms. The molecule has 1 atom stereocenters. The van der Waals surface area contributed by atoms with Gasteiger partial charge in [0.25, 0.3) is 5.91 Å². The molecule has 0 heterocycles. The normalized spacial score (nSPS) is 11.4. The number of anilines is 2. The number of rotatable bonds is 9. The number of ether oxygens (including phenoxy) is 1. The molecule has 210 valence electrons. The van der Waals surface area contributed by atoms with Gasteiger partial charge in [-0.1, -0.05) is 95.5 Å². The molecule has 0 radical (unpaired) electrons. The first-order valence-electron chi connectivity index (χ1n) is 12.8. The molecule has 5 aromatic carbocycles. The highest BCUT2D eigenvalue weighted by Crippen LogP contribution is 2.34. The molecule has 3 N–H and O–H groups in total. The average molecular weight is 618 g/mol. The number of para-hydroxylation sites is 2. The maximum absolute atomic E-state index is 13.4. The molecular formula is C33H23Cl3N2O4. The smallest absolute Gasteiger partial charge is 0.330 e. The van der Waals surface area contributed by atoms with E-state index in [1.54, 1.807) is 54.6 Å². The summed E-state index contributed by atoms with van der Waals surface area (Å²) < 4.78 is 6.08. The maximum atomic E-state index is 13.4. The summed E-state index contributed by atoms with van der Waals surface area (Å²) in [5, 5.41) is 16.8. The molecule has 0 bridgehead atoms. The topological polar surface area (TPSA) is 87.7 Å². The number of hydrogen-bond donors (Lipinski definition) is 3. The molecule has 1 amide bonds. The van der Waals surface area contributed by atoms with Crippen LogP contribution in [0.3, 0.4) is 0 Å². The first-order chi connectivity index (χ1) is 20.3. The summed E-state index contributed by atoms with van der Waals surface area (Å²) in [6.07, 6.45) is 0. The van der Waals surface area contributed by atoms with E-state index < -0.39 is 17.9 Å². The zero-order chi connectivity index (χ0) is 29.6. The van der Waals surface area contributed by atoms with Crippen LogP contribution in [0.15, 0.2) is 115 Å². The predicted octanol–water partition coefficient (Wildman–Crippen LogP) is 9.41. The van der Waals surface area contributed by atoms with E-state index in [0.717, 1.165) is 11.1 Å². The number of carboxylic acid groups (broad SMARTS) is 1. The second kappa shape index (κ2) is 13.0. The van der Waals surface area contributed by atoms with Crippen molar-refractivity contribution in [2.24, 2.45) is 0 Å². The molecule has 0 saturated carbocycles. The summed E-state index contributed by atoms with van der Waals surface area (Å²) in [6, 6.07) is 32.2. The average Bonchev–Trinajstić information content (AvgIpc) is 2.99. The minimum atomic E-state index is -1.32. The summed E-state index contributed by atoms with van der Waals surface area (Å²) in [4.78, 5) is 25.7. The Morgan fingerprint density at radius 3 is 2.17 bits per heavy atom. The Morgan fingerprint density at radius 2 is 1.45 bits per heavy atom.